The first kappa shape index (κ1) is 24.5. The first-order valence-electron chi connectivity index (χ1n) is 11.6. The van der Waals surface area contributed by atoms with Crippen molar-refractivity contribution in [3.8, 4) is 11.5 Å². The molecule has 0 unspecified atom stereocenters. The van der Waals surface area contributed by atoms with E-state index in [0.717, 1.165) is 0 Å². The third-order valence-electron chi connectivity index (χ3n) is 6.02. The van der Waals surface area contributed by atoms with Crippen LogP contribution in [0.3, 0.4) is 0 Å². The largest absolute Gasteiger partial charge is 0.454 e. The van der Waals surface area contributed by atoms with Crippen molar-refractivity contribution in [2.45, 2.75) is 11.8 Å². The molecule has 2 aliphatic heterocycles. The molecule has 0 radical (unpaired) electrons. The highest BCUT2D eigenvalue weighted by Gasteiger charge is 2.30. The fourth-order valence-corrected chi connectivity index (χ4v) is 5.60. The fourth-order valence-electron chi connectivity index (χ4n) is 4.18. The number of rotatable bonds is 6. The van der Waals surface area contributed by atoms with Crippen LogP contribution in [0.2, 0.25) is 0 Å². The third kappa shape index (κ3) is 5.20. The molecule has 0 aliphatic carbocycles. The zero-order valence-corrected chi connectivity index (χ0v) is 20.8. The summed E-state index contributed by atoms with van der Waals surface area (Å²) in [6.07, 6.45) is 1.63. The molecule has 1 saturated heterocycles. The summed E-state index contributed by atoms with van der Waals surface area (Å²) in [5.41, 5.74) is 1.47. The summed E-state index contributed by atoms with van der Waals surface area (Å²) in [5, 5.41) is 5.52. The molecule has 1 aromatic heterocycles. The Hall–Kier alpha value is -4.16. The molecule has 3 aromatic rings. The summed E-state index contributed by atoms with van der Waals surface area (Å²) in [6, 6.07) is 14.5. The average Bonchev–Trinajstić information content (AvgIpc) is 3.37. The summed E-state index contributed by atoms with van der Waals surface area (Å²) in [7, 11) is -3.70. The van der Waals surface area contributed by atoms with E-state index in [9.17, 15) is 18.0 Å². The molecule has 192 valence electrons. The highest BCUT2D eigenvalue weighted by atomic mass is 32.2. The molecule has 2 aromatic carbocycles. The highest BCUT2D eigenvalue weighted by molar-refractivity contribution is 7.89. The number of aromatic nitrogens is 1. The lowest BCUT2D eigenvalue weighted by molar-refractivity contribution is -0.114. The SMILES string of the molecule is CC(=O)Nc1ccc(S(=O)(=O)N2CCN(c3ncccc3NC(=O)c3ccc4c(c3)OCO4)CC2)cc1. The molecule has 0 bridgehead atoms. The first-order valence-corrected chi connectivity index (χ1v) is 13.0. The first-order chi connectivity index (χ1) is 17.8. The predicted molar refractivity (Wildman–Crippen MR) is 136 cm³/mol. The quantitative estimate of drug-likeness (QED) is 0.504. The van der Waals surface area contributed by atoms with Crippen LogP contribution < -0.4 is 25.0 Å². The van der Waals surface area contributed by atoms with Crippen LogP contribution in [-0.4, -0.2) is 62.5 Å². The number of amides is 2. The van der Waals surface area contributed by atoms with Crippen molar-refractivity contribution in [1.29, 1.82) is 0 Å². The van der Waals surface area contributed by atoms with E-state index in [0.29, 0.717) is 47.3 Å². The number of anilines is 3. The van der Waals surface area contributed by atoms with Gasteiger partial charge in [0, 0.05) is 50.6 Å². The number of fused-ring (bicyclic) bond motifs is 1. The van der Waals surface area contributed by atoms with E-state index in [1.165, 1.54) is 23.4 Å². The van der Waals surface area contributed by atoms with Gasteiger partial charge >= 0.3 is 0 Å². The number of carbonyl (C=O) groups is 2. The average molecular weight is 524 g/mol. The van der Waals surface area contributed by atoms with E-state index >= 15 is 0 Å². The zero-order chi connectivity index (χ0) is 26.0. The third-order valence-corrected chi connectivity index (χ3v) is 7.93. The Morgan fingerprint density at radius 1 is 0.919 bits per heavy atom. The maximum Gasteiger partial charge on any atom is 0.255 e. The topological polar surface area (TPSA) is 130 Å². The van der Waals surface area contributed by atoms with Crippen LogP contribution in [0.5, 0.6) is 11.5 Å². The molecule has 0 atom stereocenters. The van der Waals surface area contributed by atoms with Crippen molar-refractivity contribution in [2.75, 3.05) is 48.5 Å². The van der Waals surface area contributed by atoms with Crippen LogP contribution in [-0.2, 0) is 14.8 Å². The minimum Gasteiger partial charge on any atom is -0.454 e. The maximum atomic E-state index is 13.1. The van der Waals surface area contributed by atoms with Gasteiger partial charge in [0.25, 0.3) is 5.91 Å². The van der Waals surface area contributed by atoms with E-state index < -0.39 is 10.0 Å². The van der Waals surface area contributed by atoms with Gasteiger partial charge in [0.15, 0.2) is 17.3 Å². The van der Waals surface area contributed by atoms with Gasteiger partial charge in [-0.3, -0.25) is 9.59 Å². The van der Waals surface area contributed by atoms with Crippen molar-refractivity contribution in [1.82, 2.24) is 9.29 Å². The predicted octanol–water partition coefficient (Wildman–Crippen LogP) is 2.53. The second-order valence-corrected chi connectivity index (χ2v) is 10.4. The number of benzene rings is 2. The van der Waals surface area contributed by atoms with Gasteiger partial charge in [0.05, 0.1) is 10.6 Å². The lowest BCUT2D eigenvalue weighted by Crippen LogP contribution is -2.49. The molecule has 2 N–H and O–H groups in total. The van der Waals surface area contributed by atoms with Crippen LogP contribution in [0, 0.1) is 0 Å². The van der Waals surface area contributed by atoms with Gasteiger partial charge < -0.3 is 25.0 Å². The number of pyridine rings is 1. The molecule has 2 amide bonds. The van der Waals surface area contributed by atoms with E-state index in [2.05, 4.69) is 15.6 Å². The van der Waals surface area contributed by atoms with Gasteiger partial charge in [-0.15, -0.1) is 0 Å². The van der Waals surface area contributed by atoms with Crippen molar-refractivity contribution in [3.05, 3.63) is 66.4 Å². The Labute approximate surface area is 214 Å². The van der Waals surface area contributed by atoms with Gasteiger partial charge in [0.1, 0.15) is 0 Å². The molecule has 37 heavy (non-hydrogen) atoms. The maximum absolute atomic E-state index is 13.1. The van der Waals surface area contributed by atoms with Crippen LogP contribution in [0.25, 0.3) is 0 Å². The highest BCUT2D eigenvalue weighted by Crippen LogP contribution is 2.33. The molecule has 2 aliphatic rings. The number of nitrogens with one attached hydrogen (secondary N) is 2. The van der Waals surface area contributed by atoms with Crippen LogP contribution in [0.15, 0.2) is 65.7 Å². The molecule has 12 heteroatoms. The summed E-state index contributed by atoms with van der Waals surface area (Å²) >= 11 is 0. The van der Waals surface area contributed by atoms with Gasteiger partial charge in [-0.1, -0.05) is 0 Å². The minimum atomic E-state index is -3.70. The molecule has 1 fully saturated rings. The lowest BCUT2D eigenvalue weighted by Gasteiger charge is -2.35. The van der Waals surface area contributed by atoms with Crippen molar-refractivity contribution in [2.24, 2.45) is 0 Å². The summed E-state index contributed by atoms with van der Waals surface area (Å²) in [4.78, 5) is 30.7. The lowest BCUT2D eigenvalue weighted by atomic mass is 10.2. The summed E-state index contributed by atoms with van der Waals surface area (Å²) in [6.45, 7) is 2.81. The Balaban J connectivity index is 1.26. The second-order valence-electron chi connectivity index (χ2n) is 8.49. The minimum absolute atomic E-state index is 0.122. The normalized spacial score (nSPS) is 15.3. The summed E-state index contributed by atoms with van der Waals surface area (Å²) in [5.74, 6) is 1.12. The van der Waals surface area contributed by atoms with Crippen molar-refractivity contribution >= 4 is 39.0 Å². The number of ether oxygens (including phenoxy) is 2. The Morgan fingerprint density at radius 3 is 2.38 bits per heavy atom. The Kier molecular flexibility index (Phi) is 6.68. The molecule has 0 saturated carbocycles. The Morgan fingerprint density at radius 2 is 1.65 bits per heavy atom. The number of carbonyl (C=O) groups excluding carboxylic acids is 2. The molecule has 3 heterocycles. The smallest absolute Gasteiger partial charge is 0.255 e. The molecular weight excluding hydrogens is 498 g/mol. The fraction of sp³-hybridized carbons (Fsp3) is 0.240. The van der Waals surface area contributed by atoms with E-state index in [4.69, 9.17) is 9.47 Å². The Bertz CT molecular complexity index is 1440. The summed E-state index contributed by atoms with van der Waals surface area (Å²) < 4.78 is 38.4. The number of piperazine rings is 1. The molecule has 0 spiro atoms. The zero-order valence-electron chi connectivity index (χ0n) is 20.0. The van der Waals surface area contributed by atoms with Gasteiger partial charge in [-0.25, -0.2) is 13.4 Å². The number of sulfonamides is 1. The van der Waals surface area contributed by atoms with Crippen LogP contribution in [0.4, 0.5) is 17.2 Å². The molecular formula is C25H25N5O6S. The van der Waals surface area contributed by atoms with Crippen LogP contribution >= 0.6 is 0 Å². The van der Waals surface area contributed by atoms with E-state index in [1.54, 1.807) is 48.7 Å². The number of hydrogen-bond acceptors (Lipinski definition) is 8. The van der Waals surface area contributed by atoms with Gasteiger partial charge in [-0.2, -0.15) is 4.31 Å². The molecule has 11 nitrogen and oxygen atoms in total. The van der Waals surface area contributed by atoms with E-state index in [-0.39, 0.29) is 36.6 Å². The number of hydrogen-bond donors (Lipinski definition) is 2. The second kappa shape index (κ2) is 10.1. The van der Waals surface area contributed by atoms with Crippen molar-refractivity contribution in [3.63, 3.8) is 0 Å². The van der Waals surface area contributed by atoms with Gasteiger partial charge in [0.2, 0.25) is 22.7 Å². The standard InChI is InChI=1S/C25H25N5O6S/c1-17(31)27-19-5-7-20(8-6-19)37(33,34)30-13-11-29(12-14-30)24-21(3-2-10-26-24)28-25(32)18-4-9-22-23(15-18)36-16-35-22/h2-10,15H,11-14,16H2,1H3,(H,27,31)(H,28,32). The van der Waals surface area contributed by atoms with Gasteiger partial charge in [-0.05, 0) is 54.6 Å². The van der Waals surface area contributed by atoms with E-state index in [1.807, 2.05) is 4.90 Å². The number of nitrogens with zero attached hydrogens (tertiary/aromatic N) is 3. The van der Waals surface area contributed by atoms with Crippen molar-refractivity contribution < 1.29 is 27.5 Å². The monoisotopic (exact) mass is 523 g/mol. The van der Waals surface area contributed by atoms with Crippen LogP contribution in [0.1, 0.15) is 17.3 Å². The molecule has 5 rings (SSSR count).